The molecular weight excluding hydrogens is 444 g/mol. The number of benzene rings is 2. The molecule has 0 unspecified atom stereocenters. The fraction of sp³-hybridized carbons (Fsp3) is 0.148. The Morgan fingerprint density at radius 2 is 1.85 bits per heavy atom. The lowest BCUT2D eigenvalue weighted by Gasteiger charge is -2.10. The van der Waals surface area contributed by atoms with Gasteiger partial charge in [-0.2, -0.15) is 0 Å². The second-order valence-electron chi connectivity index (χ2n) is 8.33. The number of carbonyl (C=O) groups excluding carboxylic acids is 1. The van der Waals surface area contributed by atoms with Crippen molar-refractivity contribution in [3.63, 3.8) is 0 Å². The number of nitrogens with zero attached hydrogens (tertiary/aromatic N) is 3. The third-order valence-electron chi connectivity index (χ3n) is 5.82. The molecule has 0 spiro atoms. The van der Waals surface area contributed by atoms with Gasteiger partial charge in [0.15, 0.2) is 5.65 Å². The Kier molecular flexibility index (Phi) is 5.39. The summed E-state index contributed by atoms with van der Waals surface area (Å²) in [6.45, 7) is 0. The zero-order chi connectivity index (χ0) is 22.9. The number of imidazole rings is 1. The zero-order valence-corrected chi connectivity index (χ0v) is 19.2. The van der Waals surface area contributed by atoms with Crippen molar-refractivity contribution in [1.82, 2.24) is 19.7 Å². The van der Waals surface area contributed by atoms with E-state index < -0.39 is 0 Å². The normalized spacial score (nSPS) is 13.3. The van der Waals surface area contributed by atoms with Gasteiger partial charge < -0.3 is 9.73 Å². The molecule has 0 bridgehead atoms. The van der Waals surface area contributed by atoms with Crippen LogP contribution in [0.25, 0.3) is 28.2 Å². The quantitative estimate of drug-likeness (QED) is 0.305. The summed E-state index contributed by atoms with van der Waals surface area (Å²) in [5, 5.41) is 3.87. The van der Waals surface area contributed by atoms with Crippen LogP contribution >= 0.6 is 11.8 Å². The molecule has 6 nitrogen and oxygen atoms in total. The van der Waals surface area contributed by atoms with E-state index in [4.69, 9.17) is 14.4 Å². The van der Waals surface area contributed by atoms with Crippen LogP contribution in [0.1, 0.15) is 29.0 Å². The van der Waals surface area contributed by atoms with Crippen molar-refractivity contribution < 1.29 is 9.21 Å². The van der Waals surface area contributed by atoms with Crippen LogP contribution in [-0.2, 0) is 5.75 Å². The molecule has 6 rings (SSSR count). The highest BCUT2D eigenvalue weighted by atomic mass is 32.2. The van der Waals surface area contributed by atoms with E-state index in [0.29, 0.717) is 17.4 Å². The number of nitrogens with one attached hydrogen (secondary N) is 1. The summed E-state index contributed by atoms with van der Waals surface area (Å²) in [5.74, 6) is 1.54. The smallest absolute Gasteiger partial charge is 0.251 e. The third-order valence-corrected chi connectivity index (χ3v) is 6.79. The number of hydrogen-bond acceptors (Lipinski definition) is 5. The Balaban J connectivity index is 1.38. The largest absolute Gasteiger partial charge is 0.468 e. The van der Waals surface area contributed by atoms with Crippen LogP contribution in [0.3, 0.4) is 0 Å². The molecule has 1 N–H and O–H groups in total. The van der Waals surface area contributed by atoms with Crippen LogP contribution in [0.2, 0.25) is 0 Å². The third kappa shape index (κ3) is 4.22. The van der Waals surface area contributed by atoms with E-state index in [0.717, 1.165) is 51.8 Å². The van der Waals surface area contributed by atoms with Gasteiger partial charge >= 0.3 is 0 Å². The summed E-state index contributed by atoms with van der Waals surface area (Å²) in [4.78, 5) is 22.0. The topological polar surface area (TPSA) is 72.4 Å². The van der Waals surface area contributed by atoms with Crippen molar-refractivity contribution in [2.45, 2.75) is 29.7 Å². The predicted molar refractivity (Wildman–Crippen MR) is 133 cm³/mol. The maximum atomic E-state index is 12.4. The molecule has 3 aromatic heterocycles. The van der Waals surface area contributed by atoms with Crippen molar-refractivity contribution in [2.24, 2.45) is 0 Å². The van der Waals surface area contributed by atoms with Gasteiger partial charge in [-0.3, -0.25) is 9.20 Å². The molecule has 1 saturated carbocycles. The van der Waals surface area contributed by atoms with Gasteiger partial charge in [0.05, 0.1) is 29.6 Å². The van der Waals surface area contributed by atoms with Crippen molar-refractivity contribution in [1.29, 1.82) is 0 Å². The Morgan fingerprint density at radius 1 is 1.03 bits per heavy atom. The standard InChI is InChI=1S/C27H22N4O2S/c32-26(29-21-12-13-21)20-10-8-19(9-11-20)24-15-28-25-27(34-17-22-7-4-14-33-22)30-23(16-31(24)25)18-5-2-1-3-6-18/h1-11,14-16,21H,12-13,17H2,(H,29,32). The molecule has 3 heterocycles. The molecule has 1 aliphatic carbocycles. The summed E-state index contributed by atoms with van der Waals surface area (Å²) in [7, 11) is 0. The molecule has 168 valence electrons. The number of hydrogen-bond donors (Lipinski definition) is 1. The summed E-state index contributed by atoms with van der Waals surface area (Å²) in [6.07, 6.45) is 7.72. The number of carbonyl (C=O) groups is 1. The fourth-order valence-electron chi connectivity index (χ4n) is 3.84. The first-order valence-corrected chi connectivity index (χ1v) is 12.2. The van der Waals surface area contributed by atoms with Gasteiger partial charge in [0.25, 0.3) is 5.91 Å². The maximum Gasteiger partial charge on any atom is 0.251 e. The summed E-state index contributed by atoms with van der Waals surface area (Å²) >= 11 is 1.60. The highest BCUT2D eigenvalue weighted by Crippen LogP contribution is 2.31. The summed E-state index contributed by atoms with van der Waals surface area (Å²) in [5.41, 5.74) is 5.31. The van der Waals surface area contributed by atoms with Crippen LogP contribution in [0, 0.1) is 0 Å². The molecule has 0 aliphatic heterocycles. The maximum absolute atomic E-state index is 12.4. The minimum absolute atomic E-state index is 0.0145. The van der Waals surface area contributed by atoms with Crippen molar-refractivity contribution in [3.05, 3.63) is 96.7 Å². The lowest BCUT2D eigenvalue weighted by Crippen LogP contribution is -2.25. The van der Waals surface area contributed by atoms with E-state index in [9.17, 15) is 4.79 Å². The molecule has 1 aliphatic rings. The molecule has 0 radical (unpaired) electrons. The SMILES string of the molecule is O=C(NC1CC1)c1ccc(-c2cnc3c(SCc4ccco4)nc(-c4ccccc4)cn23)cc1. The number of rotatable bonds is 7. The van der Waals surface area contributed by atoms with Crippen molar-refractivity contribution in [3.8, 4) is 22.5 Å². The first-order chi connectivity index (χ1) is 16.7. The molecule has 1 fully saturated rings. The summed E-state index contributed by atoms with van der Waals surface area (Å²) in [6, 6.07) is 22.0. The number of fused-ring (bicyclic) bond motifs is 1. The lowest BCUT2D eigenvalue weighted by molar-refractivity contribution is 0.0951. The first-order valence-electron chi connectivity index (χ1n) is 11.2. The van der Waals surface area contributed by atoms with Crippen LogP contribution in [0.4, 0.5) is 0 Å². The molecule has 5 aromatic rings. The highest BCUT2D eigenvalue weighted by molar-refractivity contribution is 7.98. The highest BCUT2D eigenvalue weighted by Gasteiger charge is 2.23. The lowest BCUT2D eigenvalue weighted by atomic mass is 10.1. The van der Waals surface area contributed by atoms with Gasteiger partial charge in [0.1, 0.15) is 10.8 Å². The number of amides is 1. The van der Waals surface area contributed by atoms with Crippen molar-refractivity contribution in [2.75, 3.05) is 0 Å². The fourth-order valence-corrected chi connectivity index (χ4v) is 4.73. The minimum atomic E-state index is -0.0145. The molecule has 0 saturated heterocycles. The van der Waals surface area contributed by atoms with E-state index in [2.05, 4.69) is 21.9 Å². The monoisotopic (exact) mass is 466 g/mol. The molecule has 2 aromatic carbocycles. The van der Waals surface area contributed by atoms with Gasteiger partial charge in [-0.25, -0.2) is 9.97 Å². The van der Waals surface area contributed by atoms with Gasteiger partial charge in [-0.05, 0) is 37.1 Å². The Morgan fingerprint density at radius 3 is 2.59 bits per heavy atom. The molecule has 1 amide bonds. The van der Waals surface area contributed by atoms with E-state index in [-0.39, 0.29) is 5.91 Å². The van der Waals surface area contributed by atoms with Crippen LogP contribution in [0.15, 0.2) is 94.8 Å². The molecule has 0 atom stereocenters. The van der Waals surface area contributed by atoms with Gasteiger partial charge in [-0.15, -0.1) is 0 Å². The Bertz CT molecular complexity index is 1440. The number of thioether (sulfide) groups is 1. The Hall–Kier alpha value is -3.84. The van der Waals surface area contributed by atoms with Crippen LogP contribution in [0.5, 0.6) is 0 Å². The predicted octanol–water partition coefficient (Wildman–Crippen LogP) is 5.84. The van der Waals surface area contributed by atoms with E-state index in [1.165, 1.54) is 0 Å². The second kappa shape index (κ2) is 8.83. The summed E-state index contributed by atoms with van der Waals surface area (Å²) < 4.78 is 7.59. The van der Waals surface area contributed by atoms with Crippen molar-refractivity contribution >= 4 is 23.3 Å². The first kappa shape index (κ1) is 20.7. The van der Waals surface area contributed by atoms with E-state index >= 15 is 0 Å². The Labute approximate surface area is 201 Å². The van der Waals surface area contributed by atoms with Gasteiger partial charge in [0.2, 0.25) is 0 Å². The van der Waals surface area contributed by atoms with Crippen LogP contribution in [-0.4, -0.2) is 26.3 Å². The zero-order valence-electron chi connectivity index (χ0n) is 18.3. The van der Waals surface area contributed by atoms with E-state index in [1.807, 2.05) is 67.0 Å². The number of aromatic nitrogens is 3. The van der Waals surface area contributed by atoms with E-state index in [1.54, 1.807) is 18.0 Å². The number of furan rings is 1. The van der Waals surface area contributed by atoms with Crippen LogP contribution < -0.4 is 5.32 Å². The minimum Gasteiger partial charge on any atom is -0.468 e. The second-order valence-corrected chi connectivity index (χ2v) is 9.29. The molecular formula is C27H22N4O2S. The molecule has 7 heteroatoms. The average Bonchev–Trinajstić information content (AvgIpc) is 3.35. The van der Waals surface area contributed by atoms with Gasteiger partial charge in [-0.1, -0.05) is 54.2 Å². The van der Waals surface area contributed by atoms with Gasteiger partial charge in [0, 0.05) is 28.9 Å². The average molecular weight is 467 g/mol. The molecule has 34 heavy (non-hydrogen) atoms.